The van der Waals surface area contributed by atoms with E-state index in [0.29, 0.717) is 24.7 Å². The first kappa shape index (κ1) is 10.7. The van der Waals surface area contributed by atoms with E-state index < -0.39 is 0 Å². The summed E-state index contributed by atoms with van der Waals surface area (Å²) >= 11 is 0. The Morgan fingerprint density at radius 3 is 2.75 bits per heavy atom. The maximum Gasteiger partial charge on any atom is 0.235 e. The molecule has 0 spiro atoms. The number of nitrogens with zero attached hydrogens (tertiary/aromatic N) is 5. The largest absolute Gasteiger partial charge is 0.368 e. The summed E-state index contributed by atoms with van der Waals surface area (Å²) in [7, 11) is 0. The predicted molar refractivity (Wildman–Crippen MR) is 62.3 cm³/mol. The first-order chi connectivity index (χ1) is 7.70. The minimum atomic E-state index is 0.230. The van der Waals surface area contributed by atoms with Gasteiger partial charge >= 0.3 is 0 Å². The molecule has 16 heavy (non-hydrogen) atoms. The molecular weight excluding hydrogens is 206 g/mol. The van der Waals surface area contributed by atoms with Crippen molar-refractivity contribution >= 4 is 17.7 Å². The summed E-state index contributed by atoms with van der Waals surface area (Å²) in [5.41, 5.74) is 11.1. The molecule has 1 aliphatic rings. The molecule has 7 nitrogen and oxygen atoms in total. The van der Waals surface area contributed by atoms with Gasteiger partial charge in [0.05, 0.1) is 6.54 Å². The highest BCUT2D eigenvalue weighted by atomic mass is 15.3. The van der Waals surface area contributed by atoms with E-state index in [1.165, 1.54) is 0 Å². The van der Waals surface area contributed by atoms with Gasteiger partial charge in [-0.05, 0) is 13.5 Å². The van der Waals surface area contributed by atoms with Crippen LogP contribution >= 0.6 is 0 Å². The molecule has 0 bridgehead atoms. The quantitative estimate of drug-likeness (QED) is 0.691. The Balaban J connectivity index is 2.30. The molecule has 1 aliphatic heterocycles. The van der Waals surface area contributed by atoms with Crippen LogP contribution < -0.4 is 16.4 Å². The summed E-state index contributed by atoms with van der Waals surface area (Å²) in [6.07, 6.45) is 0.601. The van der Waals surface area contributed by atoms with E-state index in [2.05, 4.69) is 19.9 Å². The Labute approximate surface area is 93.6 Å². The van der Waals surface area contributed by atoms with Crippen LogP contribution in [0.15, 0.2) is 4.99 Å². The van der Waals surface area contributed by atoms with E-state index in [0.717, 1.165) is 18.9 Å². The highest BCUT2D eigenvalue weighted by Gasteiger charge is 2.18. The van der Waals surface area contributed by atoms with Crippen LogP contribution in [0.4, 0.5) is 11.9 Å². The van der Waals surface area contributed by atoms with Gasteiger partial charge in [0.1, 0.15) is 11.7 Å². The summed E-state index contributed by atoms with van der Waals surface area (Å²) < 4.78 is 0. The predicted octanol–water partition coefficient (Wildman–Crippen LogP) is -0.807. The number of hydrogen-bond donors (Lipinski definition) is 2. The summed E-state index contributed by atoms with van der Waals surface area (Å²) in [4.78, 5) is 18.7. The standard InChI is InChI=1S/C9H15N7/c1-6-12-4-5-16(6)9-14-7(2-3-10)13-8(11)15-9/h2-5,10H2,1H3,(H2,11,13,14,15). The fraction of sp³-hybridized carbons (Fsp3) is 0.556. The number of aromatic nitrogens is 3. The van der Waals surface area contributed by atoms with Gasteiger partial charge in [0, 0.05) is 13.0 Å². The molecule has 0 amide bonds. The van der Waals surface area contributed by atoms with Crippen molar-refractivity contribution in [2.45, 2.75) is 13.3 Å². The smallest absolute Gasteiger partial charge is 0.235 e. The van der Waals surface area contributed by atoms with Gasteiger partial charge in [-0.25, -0.2) is 0 Å². The van der Waals surface area contributed by atoms with Gasteiger partial charge in [-0.1, -0.05) is 0 Å². The molecule has 4 N–H and O–H groups in total. The maximum atomic E-state index is 5.63. The molecule has 1 aromatic rings. The normalized spacial score (nSPS) is 15.4. The van der Waals surface area contributed by atoms with Crippen LogP contribution in [0.3, 0.4) is 0 Å². The topological polar surface area (TPSA) is 106 Å². The Morgan fingerprint density at radius 2 is 2.12 bits per heavy atom. The molecular formula is C9H15N7. The Morgan fingerprint density at radius 1 is 1.31 bits per heavy atom. The van der Waals surface area contributed by atoms with E-state index in [9.17, 15) is 0 Å². The van der Waals surface area contributed by atoms with Crippen LogP contribution in [0.25, 0.3) is 0 Å². The number of nitrogens with two attached hydrogens (primary N) is 2. The van der Waals surface area contributed by atoms with Crippen LogP contribution in [-0.2, 0) is 6.42 Å². The molecule has 0 saturated heterocycles. The van der Waals surface area contributed by atoms with E-state index in [4.69, 9.17) is 11.5 Å². The van der Waals surface area contributed by atoms with Crippen LogP contribution in [0, 0.1) is 0 Å². The van der Waals surface area contributed by atoms with Crippen molar-refractivity contribution in [3.8, 4) is 0 Å². The number of aliphatic imine (C=N–C) groups is 1. The van der Waals surface area contributed by atoms with Crippen LogP contribution in [0.5, 0.6) is 0 Å². The highest BCUT2D eigenvalue weighted by Crippen LogP contribution is 2.13. The van der Waals surface area contributed by atoms with Gasteiger partial charge < -0.3 is 11.5 Å². The van der Waals surface area contributed by atoms with Crippen LogP contribution in [0.1, 0.15) is 12.7 Å². The Kier molecular flexibility index (Phi) is 2.95. The zero-order valence-electron chi connectivity index (χ0n) is 9.22. The lowest BCUT2D eigenvalue weighted by Crippen LogP contribution is -2.28. The average Bonchev–Trinajstić information content (AvgIpc) is 2.64. The minimum Gasteiger partial charge on any atom is -0.368 e. The molecule has 0 unspecified atom stereocenters. The highest BCUT2D eigenvalue weighted by molar-refractivity contribution is 5.96. The lowest BCUT2D eigenvalue weighted by molar-refractivity contribution is 0.836. The zero-order valence-corrected chi connectivity index (χ0v) is 9.22. The van der Waals surface area contributed by atoms with Crippen molar-refractivity contribution in [1.29, 1.82) is 0 Å². The van der Waals surface area contributed by atoms with E-state index in [1.54, 1.807) is 0 Å². The lowest BCUT2D eigenvalue weighted by Gasteiger charge is -2.16. The Bertz CT molecular complexity index is 414. The summed E-state index contributed by atoms with van der Waals surface area (Å²) in [5.74, 6) is 2.33. The van der Waals surface area contributed by atoms with Crippen molar-refractivity contribution in [1.82, 2.24) is 15.0 Å². The first-order valence-corrected chi connectivity index (χ1v) is 5.20. The molecule has 0 aromatic carbocycles. The molecule has 2 rings (SSSR count). The zero-order chi connectivity index (χ0) is 11.5. The van der Waals surface area contributed by atoms with Crippen molar-refractivity contribution < 1.29 is 0 Å². The second-order valence-electron chi connectivity index (χ2n) is 3.53. The summed E-state index contributed by atoms with van der Waals surface area (Å²) in [5, 5.41) is 0. The molecule has 2 heterocycles. The fourth-order valence-electron chi connectivity index (χ4n) is 1.59. The first-order valence-electron chi connectivity index (χ1n) is 5.20. The van der Waals surface area contributed by atoms with Crippen molar-refractivity contribution in [3.05, 3.63) is 5.82 Å². The molecule has 0 atom stereocenters. The molecule has 0 radical (unpaired) electrons. The van der Waals surface area contributed by atoms with Gasteiger partial charge in [0.2, 0.25) is 11.9 Å². The lowest BCUT2D eigenvalue weighted by atomic mass is 10.4. The average molecular weight is 221 g/mol. The van der Waals surface area contributed by atoms with E-state index >= 15 is 0 Å². The van der Waals surface area contributed by atoms with Gasteiger partial charge in [0.15, 0.2) is 0 Å². The van der Waals surface area contributed by atoms with Gasteiger partial charge in [-0.2, -0.15) is 15.0 Å². The fourth-order valence-corrected chi connectivity index (χ4v) is 1.59. The number of hydrogen-bond acceptors (Lipinski definition) is 7. The monoisotopic (exact) mass is 221 g/mol. The third kappa shape index (κ3) is 2.08. The van der Waals surface area contributed by atoms with Crippen molar-refractivity contribution in [3.63, 3.8) is 0 Å². The maximum absolute atomic E-state index is 5.63. The second-order valence-corrected chi connectivity index (χ2v) is 3.53. The molecule has 0 fully saturated rings. The molecule has 86 valence electrons. The second kappa shape index (κ2) is 4.40. The van der Waals surface area contributed by atoms with E-state index in [-0.39, 0.29) is 5.95 Å². The summed E-state index contributed by atoms with van der Waals surface area (Å²) in [6.45, 7) is 3.98. The molecule has 1 aromatic heterocycles. The van der Waals surface area contributed by atoms with Gasteiger partial charge in [-0.15, -0.1) is 0 Å². The van der Waals surface area contributed by atoms with Gasteiger partial charge in [0.25, 0.3) is 0 Å². The molecule has 0 aliphatic carbocycles. The summed E-state index contributed by atoms with van der Waals surface area (Å²) in [6, 6.07) is 0. The number of nitrogen functional groups attached to an aromatic ring is 1. The number of rotatable bonds is 3. The van der Waals surface area contributed by atoms with Gasteiger partial charge in [-0.3, -0.25) is 9.89 Å². The third-order valence-corrected chi connectivity index (χ3v) is 2.35. The van der Waals surface area contributed by atoms with Crippen LogP contribution in [-0.4, -0.2) is 40.4 Å². The minimum absolute atomic E-state index is 0.230. The van der Waals surface area contributed by atoms with Crippen molar-refractivity contribution in [2.24, 2.45) is 10.7 Å². The third-order valence-electron chi connectivity index (χ3n) is 2.35. The molecule has 7 heteroatoms. The Hall–Kier alpha value is -1.76. The van der Waals surface area contributed by atoms with Crippen LogP contribution in [0.2, 0.25) is 0 Å². The number of anilines is 2. The number of amidine groups is 1. The van der Waals surface area contributed by atoms with E-state index in [1.807, 2.05) is 11.8 Å². The molecule has 0 saturated carbocycles. The SMILES string of the molecule is CC1=NCCN1c1nc(N)nc(CCN)n1. The van der Waals surface area contributed by atoms with Crippen molar-refractivity contribution in [2.75, 3.05) is 30.3 Å².